The van der Waals surface area contributed by atoms with Crippen LogP contribution in [0.3, 0.4) is 0 Å². The number of benzene rings is 1. The van der Waals surface area contributed by atoms with Gasteiger partial charge < -0.3 is 9.80 Å². The van der Waals surface area contributed by atoms with Gasteiger partial charge in [0.2, 0.25) is 0 Å². The molecular weight excluding hydrogens is 333 g/mol. The minimum atomic E-state index is -0.0643. The number of carbonyl (C=O) groups excluding carboxylic acids is 1. The zero-order chi connectivity index (χ0) is 16.4. The number of amides is 1. The molecule has 0 bridgehead atoms. The minimum Gasteiger partial charge on any atom is -0.368 e. The molecule has 1 aliphatic heterocycles. The Labute approximate surface area is 145 Å². The number of carbonyl (C=O) groups is 1. The molecule has 0 saturated carbocycles. The van der Waals surface area contributed by atoms with Crippen LogP contribution in [0.1, 0.15) is 15.9 Å². The molecule has 1 saturated heterocycles. The summed E-state index contributed by atoms with van der Waals surface area (Å²) in [6, 6.07) is 9.33. The number of hydrogen-bond donors (Lipinski definition) is 0. The van der Waals surface area contributed by atoms with E-state index in [0.717, 1.165) is 23.8 Å². The second kappa shape index (κ2) is 6.77. The summed E-state index contributed by atoms with van der Waals surface area (Å²) in [5, 5.41) is 0.983. The van der Waals surface area contributed by atoms with Crippen molar-refractivity contribution in [3.05, 3.63) is 57.8 Å². The molecule has 2 aromatic rings. The van der Waals surface area contributed by atoms with Gasteiger partial charge >= 0.3 is 0 Å². The third-order valence-corrected chi connectivity index (χ3v) is 4.60. The van der Waals surface area contributed by atoms with Crippen molar-refractivity contribution in [1.29, 1.82) is 0 Å². The summed E-state index contributed by atoms with van der Waals surface area (Å²) >= 11 is 12.1. The summed E-state index contributed by atoms with van der Waals surface area (Å²) in [6.07, 6.45) is 1.58. The van der Waals surface area contributed by atoms with Gasteiger partial charge in [-0.3, -0.25) is 4.79 Å². The van der Waals surface area contributed by atoms with Gasteiger partial charge in [-0.2, -0.15) is 0 Å². The molecule has 6 heteroatoms. The molecule has 4 nitrogen and oxygen atoms in total. The topological polar surface area (TPSA) is 36.4 Å². The molecule has 0 unspecified atom stereocenters. The Morgan fingerprint density at radius 2 is 1.87 bits per heavy atom. The molecule has 3 rings (SSSR count). The first-order chi connectivity index (χ1) is 11.1. The highest BCUT2D eigenvalue weighted by Crippen LogP contribution is 2.26. The Kier molecular flexibility index (Phi) is 4.74. The van der Waals surface area contributed by atoms with E-state index in [9.17, 15) is 4.79 Å². The van der Waals surface area contributed by atoms with Crippen molar-refractivity contribution in [3.8, 4) is 0 Å². The minimum absolute atomic E-state index is 0.0643. The van der Waals surface area contributed by atoms with Gasteiger partial charge in [0.25, 0.3) is 5.91 Å². The number of piperazine rings is 1. The molecule has 0 radical (unpaired) electrons. The van der Waals surface area contributed by atoms with Crippen LogP contribution in [0.15, 0.2) is 36.5 Å². The van der Waals surface area contributed by atoms with Gasteiger partial charge in [0, 0.05) is 43.1 Å². The lowest BCUT2D eigenvalue weighted by molar-refractivity contribution is 0.0746. The molecule has 23 heavy (non-hydrogen) atoms. The van der Waals surface area contributed by atoms with Crippen LogP contribution < -0.4 is 4.90 Å². The van der Waals surface area contributed by atoms with Gasteiger partial charge in [0.05, 0.1) is 5.56 Å². The normalized spacial score (nSPS) is 14.9. The predicted molar refractivity (Wildman–Crippen MR) is 93.6 cm³/mol. The van der Waals surface area contributed by atoms with E-state index in [-0.39, 0.29) is 11.1 Å². The van der Waals surface area contributed by atoms with Gasteiger partial charge in [-0.05, 0) is 36.8 Å². The fourth-order valence-corrected chi connectivity index (χ4v) is 3.16. The summed E-state index contributed by atoms with van der Waals surface area (Å²) in [6.45, 7) is 4.90. The van der Waals surface area contributed by atoms with E-state index < -0.39 is 0 Å². The largest absolute Gasteiger partial charge is 0.368 e. The average molecular weight is 350 g/mol. The highest BCUT2D eigenvalue weighted by Gasteiger charge is 2.24. The van der Waals surface area contributed by atoms with E-state index in [1.165, 1.54) is 5.56 Å². The maximum atomic E-state index is 12.5. The Balaban J connectivity index is 1.70. The zero-order valence-electron chi connectivity index (χ0n) is 12.8. The first-order valence-corrected chi connectivity index (χ1v) is 8.23. The van der Waals surface area contributed by atoms with Gasteiger partial charge in [-0.1, -0.05) is 29.3 Å². The quantitative estimate of drug-likeness (QED) is 0.776. The van der Waals surface area contributed by atoms with Gasteiger partial charge in [-0.25, -0.2) is 4.98 Å². The maximum absolute atomic E-state index is 12.5. The summed E-state index contributed by atoms with van der Waals surface area (Å²) in [4.78, 5) is 20.6. The molecule has 1 aromatic carbocycles. The van der Waals surface area contributed by atoms with Crippen LogP contribution in [0.25, 0.3) is 0 Å². The van der Waals surface area contributed by atoms with E-state index in [2.05, 4.69) is 16.8 Å². The van der Waals surface area contributed by atoms with Crippen LogP contribution in [0, 0.1) is 6.92 Å². The van der Waals surface area contributed by atoms with Crippen molar-refractivity contribution in [1.82, 2.24) is 9.88 Å². The summed E-state index contributed by atoms with van der Waals surface area (Å²) in [5.41, 5.74) is 2.77. The summed E-state index contributed by atoms with van der Waals surface area (Å²) in [5.74, 6) is -0.0643. The van der Waals surface area contributed by atoms with Crippen molar-refractivity contribution in [2.24, 2.45) is 0 Å². The lowest BCUT2D eigenvalue weighted by Gasteiger charge is -2.37. The van der Waals surface area contributed by atoms with Crippen molar-refractivity contribution in [3.63, 3.8) is 0 Å². The number of rotatable bonds is 2. The van der Waals surface area contributed by atoms with Crippen molar-refractivity contribution in [2.45, 2.75) is 6.92 Å². The number of aryl methyl sites for hydroxylation is 1. The maximum Gasteiger partial charge on any atom is 0.257 e. The Morgan fingerprint density at radius 3 is 2.57 bits per heavy atom. The molecule has 2 heterocycles. The highest BCUT2D eigenvalue weighted by atomic mass is 35.5. The number of nitrogens with zero attached hydrogens (tertiary/aromatic N) is 3. The third-order valence-electron chi connectivity index (χ3n) is 4.07. The monoisotopic (exact) mass is 349 g/mol. The van der Waals surface area contributed by atoms with E-state index in [1.54, 1.807) is 18.3 Å². The molecule has 120 valence electrons. The number of pyridine rings is 1. The first kappa shape index (κ1) is 16.1. The number of hydrogen-bond acceptors (Lipinski definition) is 3. The standard InChI is InChI=1S/C17H17Cl2N3O/c1-12-4-5-13(18)11-15(12)21-7-9-22(10-8-21)17(23)14-3-2-6-20-16(14)19/h2-6,11H,7-10H2,1H3. The van der Waals surface area contributed by atoms with E-state index >= 15 is 0 Å². The summed E-state index contributed by atoms with van der Waals surface area (Å²) < 4.78 is 0. The predicted octanol–water partition coefficient (Wildman–Crippen LogP) is 3.66. The molecule has 1 fully saturated rings. The van der Waals surface area contributed by atoms with Crippen LogP contribution in [0.4, 0.5) is 5.69 Å². The Hall–Kier alpha value is -1.78. The van der Waals surface area contributed by atoms with E-state index in [1.807, 2.05) is 23.1 Å². The van der Waals surface area contributed by atoms with Gasteiger partial charge in [0.15, 0.2) is 0 Å². The van der Waals surface area contributed by atoms with Crippen molar-refractivity contribution >= 4 is 34.8 Å². The molecule has 0 spiro atoms. The molecule has 0 atom stereocenters. The summed E-state index contributed by atoms with van der Waals surface area (Å²) in [7, 11) is 0. The molecule has 1 amide bonds. The van der Waals surface area contributed by atoms with Crippen molar-refractivity contribution in [2.75, 3.05) is 31.1 Å². The number of aromatic nitrogens is 1. The van der Waals surface area contributed by atoms with E-state index in [4.69, 9.17) is 23.2 Å². The second-order valence-electron chi connectivity index (χ2n) is 5.55. The number of halogens is 2. The fraction of sp³-hybridized carbons (Fsp3) is 0.294. The van der Waals surface area contributed by atoms with Gasteiger partial charge in [-0.15, -0.1) is 0 Å². The molecule has 0 N–H and O–H groups in total. The molecular formula is C17H17Cl2N3O. The van der Waals surface area contributed by atoms with Crippen LogP contribution in [0.5, 0.6) is 0 Å². The van der Waals surface area contributed by atoms with Crippen molar-refractivity contribution < 1.29 is 4.79 Å². The molecule has 1 aromatic heterocycles. The smallest absolute Gasteiger partial charge is 0.257 e. The van der Waals surface area contributed by atoms with Crippen LogP contribution in [0.2, 0.25) is 10.2 Å². The van der Waals surface area contributed by atoms with E-state index in [0.29, 0.717) is 18.7 Å². The number of anilines is 1. The Morgan fingerprint density at radius 1 is 1.13 bits per heavy atom. The van der Waals surface area contributed by atoms with Crippen LogP contribution >= 0.6 is 23.2 Å². The van der Waals surface area contributed by atoms with Gasteiger partial charge in [0.1, 0.15) is 5.15 Å². The fourth-order valence-electron chi connectivity index (χ4n) is 2.79. The van der Waals surface area contributed by atoms with Crippen LogP contribution in [-0.2, 0) is 0 Å². The highest BCUT2D eigenvalue weighted by molar-refractivity contribution is 6.32. The SMILES string of the molecule is Cc1ccc(Cl)cc1N1CCN(C(=O)c2cccnc2Cl)CC1. The zero-order valence-corrected chi connectivity index (χ0v) is 14.3. The lowest BCUT2D eigenvalue weighted by atomic mass is 10.1. The second-order valence-corrected chi connectivity index (χ2v) is 6.35. The first-order valence-electron chi connectivity index (χ1n) is 7.47. The Bertz CT molecular complexity index is 728. The molecule has 0 aliphatic carbocycles. The third kappa shape index (κ3) is 3.43. The average Bonchev–Trinajstić information content (AvgIpc) is 2.57. The lowest BCUT2D eigenvalue weighted by Crippen LogP contribution is -2.49. The van der Waals surface area contributed by atoms with Crippen LogP contribution in [-0.4, -0.2) is 42.0 Å². The molecule has 1 aliphatic rings.